The Kier molecular flexibility index (Phi) is 6.48. The molecule has 6 heteroatoms. The first-order chi connectivity index (χ1) is 8.63. The summed E-state index contributed by atoms with van der Waals surface area (Å²) in [5.74, 6) is 0.227. The first-order valence-corrected chi connectivity index (χ1v) is 6.13. The van der Waals surface area contributed by atoms with Crippen molar-refractivity contribution in [3.05, 3.63) is 29.8 Å². The number of ether oxygens (including phenoxy) is 1. The van der Waals surface area contributed by atoms with Gasteiger partial charge in [-0.05, 0) is 24.6 Å². The first kappa shape index (κ1) is 16.1. The molecule has 0 spiro atoms. The van der Waals surface area contributed by atoms with Crippen LogP contribution in [0.2, 0.25) is 0 Å². The third-order valence-electron chi connectivity index (χ3n) is 2.98. The zero-order valence-corrected chi connectivity index (χ0v) is 11.6. The van der Waals surface area contributed by atoms with Gasteiger partial charge in [0.1, 0.15) is 5.75 Å². The van der Waals surface area contributed by atoms with Gasteiger partial charge in [0.15, 0.2) is 0 Å². The van der Waals surface area contributed by atoms with Gasteiger partial charge in [0.05, 0.1) is 0 Å². The van der Waals surface area contributed by atoms with E-state index < -0.39 is 6.61 Å². The summed E-state index contributed by atoms with van der Waals surface area (Å²) in [6, 6.07) is 7.39. The van der Waals surface area contributed by atoms with E-state index in [0.29, 0.717) is 6.04 Å². The fraction of sp³-hybridized carbons (Fsp3) is 0.538. The second kappa shape index (κ2) is 7.62. The van der Waals surface area contributed by atoms with E-state index in [1.165, 1.54) is 0 Å². The number of rotatable bonds is 4. The lowest BCUT2D eigenvalue weighted by Crippen LogP contribution is -2.48. The Morgan fingerprint density at radius 2 is 2.26 bits per heavy atom. The van der Waals surface area contributed by atoms with Gasteiger partial charge < -0.3 is 10.1 Å². The topological polar surface area (TPSA) is 24.5 Å². The van der Waals surface area contributed by atoms with E-state index in [0.717, 1.165) is 31.7 Å². The molecule has 1 unspecified atom stereocenters. The van der Waals surface area contributed by atoms with Gasteiger partial charge >= 0.3 is 6.61 Å². The van der Waals surface area contributed by atoms with Gasteiger partial charge in [-0.15, -0.1) is 12.4 Å². The van der Waals surface area contributed by atoms with E-state index in [1.54, 1.807) is 18.2 Å². The Balaban J connectivity index is 0.00000180. The van der Waals surface area contributed by atoms with Crippen molar-refractivity contribution in [2.24, 2.45) is 0 Å². The zero-order valence-electron chi connectivity index (χ0n) is 10.8. The number of hydrogen-bond donors (Lipinski definition) is 1. The molecule has 0 aliphatic carbocycles. The Morgan fingerprint density at radius 1 is 1.47 bits per heavy atom. The summed E-state index contributed by atoms with van der Waals surface area (Å²) >= 11 is 0. The Hall–Kier alpha value is -0.910. The number of piperazine rings is 1. The minimum absolute atomic E-state index is 0. The van der Waals surface area contributed by atoms with E-state index in [2.05, 4.69) is 21.9 Å². The lowest BCUT2D eigenvalue weighted by atomic mass is 10.1. The maximum absolute atomic E-state index is 12.1. The van der Waals surface area contributed by atoms with Crippen LogP contribution in [0.15, 0.2) is 24.3 Å². The van der Waals surface area contributed by atoms with E-state index in [-0.39, 0.29) is 18.2 Å². The van der Waals surface area contributed by atoms with Crippen LogP contribution in [-0.2, 0) is 6.54 Å². The van der Waals surface area contributed by atoms with Crippen LogP contribution in [0.5, 0.6) is 5.75 Å². The Morgan fingerprint density at radius 3 is 2.95 bits per heavy atom. The predicted molar refractivity (Wildman–Crippen MR) is 73.1 cm³/mol. The third kappa shape index (κ3) is 5.30. The number of benzene rings is 1. The molecule has 1 aliphatic heterocycles. The highest BCUT2D eigenvalue weighted by Crippen LogP contribution is 2.17. The number of nitrogens with one attached hydrogen (secondary N) is 1. The molecular weight excluding hydrogens is 274 g/mol. The molecule has 1 aliphatic rings. The first-order valence-electron chi connectivity index (χ1n) is 6.13. The molecular formula is C13H19ClF2N2O. The van der Waals surface area contributed by atoms with Gasteiger partial charge in [-0.1, -0.05) is 12.1 Å². The van der Waals surface area contributed by atoms with Gasteiger partial charge in [0.25, 0.3) is 0 Å². The molecule has 0 saturated carbocycles. The second-order valence-corrected chi connectivity index (χ2v) is 4.62. The molecule has 1 saturated heterocycles. The molecule has 0 aromatic heterocycles. The molecule has 2 rings (SSSR count). The molecule has 1 heterocycles. The highest BCUT2D eigenvalue weighted by Gasteiger charge is 2.15. The van der Waals surface area contributed by atoms with Crippen LogP contribution in [0, 0.1) is 0 Å². The smallest absolute Gasteiger partial charge is 0.387 e. The largest absolute Gasteiger partial charge is 0.435 e. The van der Waals surface area contributed by atoms with E-state index in [9.17, 15) is 8.78 Å². The van der Waals surface area contributed by atoms with E-state index in [4.69, 9.17) is 0 Å². The molecule has 3 nitrogen and oxygen atoms in total. The Bertz CT molecular complexity index is 393. The molecule has 1 aromatic rings. The zero-order chi connectivity index (χ0) is 13.0. The molecule has 0 bridgehead atoms. The Labute approximate surface area is 118 Å². The summed E-state index contributed by atoms with van der Waals surface area (Å²) in [5.41, 5.74) is 1.00. The van der Waals surface area contributed by atoms with Crippen molar-refractivity contribution < 1.29 is 13.5 Å². The summed E-state index contributed by atoms with van der Waals surface area (Å²) < 4.78 is 28.6. The molecule has 1 N–H and O–H groups in total. The van der Waals surface area contributed by atoms with Crippen LogP contribution in [0.25, 0.3) is 0 Å². The highest BCUT2D eigenvalue weighted by molar-refractivity contribution is 5.85. The maximum Gasteiger partial charge on any atom is 0.387 e. The van der Waals surface area contributed by atoms with Gasteiger partial charge in [-0.25, -0.2) is 0 Å². The van der Waals surface area contributed by atoms with Crippen LogP contribution in [0.4, 0.5) is 8.78 Å². The molecule has 1 fully saturated rings. The molecule has 1 atom stereocenters. The fourth-order valence-corrected chi connectivity index (χ4v) is 2.23. The SMILES string of the molecule is CC1CN(Cc2cccc(OC(F)F)c2)CCN1.Cl. The molecule has 0 radical (unpaired) electrons. The van der Waals surface area contributed by atoms with Gasteiger partial charge in [0, 0.05) is 32.2 Å². The monoisotopic (exact) mass is 292 g/mol. The molecule has 108 valence electrons. The van der Waals surface area contributed by atoms with Crippen LogP contribution in [-0.4, -0.2) is 37.2 Å². The number of alkyl halides is 2. The van der Waals surface area contributed by atoms with Gasteiger partial charge in [0.2, 0.25) is 0 Å². The van der Waals surface area contributed by atoms with Gasteiger partial charge in [-0.2, -0.15) is 8.78 Å². The standard InChI is InChI=1S/C13H18F2N2O.ClH/c1-10-8-17(6-5-16-10)9-11-3-2-4-12(7-11)18-13(14)15;/h2-4,7,10,13,16H,5-6,8-9H2,1H3;1H. The third-order valence-corrected chi connectivity index (χ3v) is 2.98. The van der Waals surface area contributed by atoms with E-state index in [1.807, 2.05) is 6.07 Å². The average molecular weight is 293 g/mol. The minimum atomic E-state index is -2.76. The van der Waals surface area contributed by atoms with Crippen LogP contribution in [0.3, 0.4) is 0 Å². The predicted octanol–water partition coefficient (Wildman–Crippen LogP) is 2.50. The van der Waals surface area contributed by atoms with Crippen molar-refractivity contribution >= 4 is 12.4 Å². The van der Waals surface area contributed by atoms with Crippen LogP contribution < -0.4 is 10.1 Å². The van der Waals surface area contributed by atoms with Crippen molar-refractivity contribution in [3.63, 3.8) is 0 Å². The number of hydrogen-bond acceptors (Lipinski definition) is 3. The highest BCUT2D eigenvalue weighted by atomic mass is 35.5. The van der Waals surface area contributed by atoms with Crippen LogP contribution >= 0.6 is 12.4 Å². The summed E-state index contributed by atoms with van der Waals surface area (Å²) in [6.45, 7) is 3.06. The van der Waals surface area contributed by atoms with Crippen molar-refractivity contribution in [1.82, 2.24) is 10.2 Å². The van der Waals surface area contributed by atoms with Gasteiger partial charge in [-0.3, -0.25) is 4.90 Å². The summed E-state index contributed by atoms with van der Waals surface area (Å²) in [5, 5.41) is 3.37. The van der Waals surface area contributed by atoms with E-state index >= 15 is 0 Å². The number of halogens is 3. The summed E-state index contributed by atoms with van der Waals surface area (Å²) in [7, 11) is 0. The lowest BCUT2D eigenvalue weighted by Gasteiger charge is -2.31. The quantitative estimate of drug-likeness (QED) is 0.923. The number of nitrogens with zero attached hydrogens (tertiary/aromatic N) is 1. The normalized spacial score (nSPS) is 20.1. The second-order valence-electron chi connectivity index (χ2n) is 4.62. The minimum Gasteiger partial charge on any atom is -0.435 e. The maximum atomic E-state index is 12.1. The van der Waals surface area contributed by atoms with Crippen molar-refractivity contribution in [2.75, 3.05) is 19.6 Å². The molecule has 19 heavy (non-hydrogen) atoms. The van der Waals surface area contributed by atoms with Crippen molar-refractivity contribution in [2.45, 2.75) is 26.1 Å². The summed E-state index contributed by atoms with van der Waals surface area (Å²) in [4.78, 5) is 2.31. The van der Waals surface area contributed by atoms with Crippen molar-refractivity contribution in [3.8, 4) is 5.75 Å². The summed E-state index contributed by atoms with van der Waals surface area (Å²) in [6.07, 6.45) is 0. The molecule has 0 amide bonds. The van der Waals surface area contributed by atoms with Crippen LogP contribution in [0.1, 0.15) is 12.5 Å². The molecule has 1 aromatic carbocycles. The average Bonchev–Trinajstić information content (AvgIpc) is 2.28. The van der Waals surface area contributed by atoms with Crippen molar-refractivity contribution in [1.29, 1.82) is 0 Å². The fourth-order valence-electron chi connectivity index (χ4n) is 2.23. The lowest BCUT2D eigenvalue weighted by molar-refractivity contribution is -0.0499.